The largest absolute Gasteiger partial charge is 2.00 e. The Balaban J connectivity index is 0.000000559. The number of hydrogen-bond donors (Lipinski definition) is 2. The Labute approximate surface area is 278 Å². The first-order chi connectivity index (χ1) is 19.9. The van der Waals surface area contributed by atoms with Crippen LogP contribution in [0.1, 0.15) is 54.4 Å². The summed E-state index contributed by atoms with van der Waals surface area (Å²) in [5.41, 5.74) is 6.48. The van der Waals surface area contributed by atoms with E-state index in [1.807, 2.05) is 41.1 Å². The van der Waals surface area contributed by atoms with Crippen LogP contribution in [0.25, 0.3) is 0 Å². The minimum absolute atomic E-state index is 0. The maximum atomic E-state index is 3.41. The molecule has 0 amide bonds. The summed E-state index contributed by atoms with van der Waals surface area (Å²) < 4.78 is 0. The number of H-pyrrole nitrogens is 2. The average molecular weight is 687 g/mol. The van der Waals surface area contributed by atoms with Crippen molar-refractivity contribution in [2.75, 3.05) is 6.16 Å². The molecule has 0 radical (unpaired) electrons. The molecule has 232 valence electrons. The van der Waals surface area contributed by atoms with Crippen LogP contribution in [0.4, 0.5) is 0 Å². The Bertz CT molecular complexity index is 1390. The van der Waals surface area contributed by atoms with E-state index >= 15 is 0 Å². The van der Waals surface area contributed by atoms with E-state index in [1.54, 1.807) is 10.8 Å². The molecule has 4 saturated carbocycles. The van der Waals surface area contributed by atoms with Gasteiger partial charge in [0.05, 0.1) is 8.07 Å². The van der Waals surface area contributed by atoms with Crippen LogP contribution in [0.2, 0.25) is 39.3 Å². The summed E-state index contributed by atoms with van der Waals surface area (Å²) in [6, 6.07) is 17.4. The maximum absolute atomic E-state index is 3.41. The Morgan fingerprint density at radius 1 is 0.930 bits per heavy atom. The van der Waals surface area contributed by atoms with E-state index in [4.69, 9.17) is 0 Å². The molecule has 5 atom stereocenters. The van der Waals surface area contributed by atoms with Gasteiger partial charge in [-0.3, -0.25) is 0 Å². The Kier molecular flexibility index (Phi) is 9.61. The van der Waals surface area contributed by atoms with Crippen molar-refractivity contribution in [3.63, 3.8) is 0 Å². The van der Waals surface area contributed by atoms with Crippen molar-refractivity contribution in [3.05, 3.63) is 95.6 Å². The number of nitrogens with one attached hydrogen (secondary N) is 2. The second-order valence-electron chi connectivity index (χ2n) is 15.8. The van der Waals surface area contributed by atoms with Gasteiger partial charge in [0, 0.05) is 38.0 Å². The standard InChI is InChI=1S/C31H47N2P2Si2.C5H5.Fe/c1-36(2,3)27-14-25(31(35,23-7-9-32-17-23)24-8-10-33-18-24)28(29(27)37(4,5)6)30-15-20-11-21(16-30)13-22(12-20)26(30)19-34;1-2-4-5-3-1;/h7-10,14,17-18,20-22,26,32-33H,11-13,15-16,19,34-35H2,1-6H3;1-5H;/q2*-1;+2. The van der Waals surface area contributed by atoms with Gasteiger partial charge in [-0.05, 0) is 90.6 Å². The van der Waals surface area contributed by atoms with Crippen LogP contribution in [-0.4, -0.2) is 32.3 Å². The Morgan fingerprint density at radius 3 is 1.88 bits per heavy atom. The zero-order valence-electron chi connectivity index (χ0n) is 27.0. The normalized spacial score (nSPS) is 26.6. The van der Waals surface area contributed by atoms with Crippen LogP contribution < -0.4 is 10.4 Å². The first-order valence-corrected chi connectivity index (χ1v) is 24.6. The molecule has 4 aromatic rings. The van der Waals surface area contributed by atoms with Crippen LogP contribution in [-0.2, 0) is 27.6 Å². The van der Waals surface area contributed by atoms with E-state index in [9.17, 15) is 0 Å². The average Bonchev–Trinajstić information content (AvgIpc) is 3.75. The maximum Gasteiger partial charge on any atom is 2.00 e. The Hall–Kier alpha value is -0.927. The van der Waals surface area contributed by atoms with Gasteiger partial charge in [-0.15, -0.1) is 18.5 Å². The van der Waals surface area contributed by atoms with Gasteiger partial charge >= 0.3 is 17.1 Å². The minimum atomic E-state index is -1.65. The summed E-state index contributed by atoms with van der Waals surface area (Å²) in [7, 11) is 3.39. The van der Waals surface area contributed by atoms with E-state index in [2.05, 4.69) is 111 Å². The summed E-state index contributed by atoms with van der Waals surface area (Å²) in [5.74, 6) is 3.56. The molecule has 4 aliphatic rings. The van der Waals surface area contributed by atoms with Crippen LogP contribution >= 0.6 is 18.5 Å². The minimum Gasteiger partial charge on any atom is -0.367 e. The molecule has 2 nitrogen and oxygen atoms in total. The summed E-state index contributed by atoms with van der Waals surface area (Å²) in [4.78, 5) is 6.83. The number of rotatable bonds is 7. The molecule has 2 N–H and O–H groups in total. The zero-order valence-corrected chi connectivity index (χ0v) is 32.4. The molecule has 8 rings (SSSR count). The predicted octanol–water partition coefficient (Wildman–Crippen LogP) is 8.29. The van der Waals surface area contributed by atoms with Crippen LogP contribution in [0, 0.1) is 23.7 Å². The van der Waals surface area contributed by atoms with Crippen molar-refractivity contribution < 1.29 is 17.1 Å². The summed E-state index contributed by atoms with van der Waals surface area (Å²) in [6.07, 6.45) is 17.2. The molecule has 2 aromatic carbocycles. The third-order valence-corrected chi connectivity index (χ3v) is 16.8. The van der Waals surface area contributed by atoms with Crippen molar-refractivity contribution >= 4 is 45.0 Å². The number of aromatic amines is 2. The van der Waals surface area contributed by atoms with Crippen LogP contribution in [0.5, 0.6) is 0 Å². The van der Waals surface area contributed by atoms with Crippen molar-refractivity contribution in [3.8, 4) is 0 Å². The van der Waals surface area contributed by atoms with Gasteiger partial charge in [0.15, 0.2) is 0 Å². The first kappa shape index (κ1) is 33.4. The Morgan fingerprint density at radius 2 is 1.49 bits per heavy atom. The fourth-order valence-electron chi connectivity index (χ4n) is 9.65. The van der Waals surface area contributed by atoms with E-state index < -0.39 is 16.1 Å². The molecule has 4 aliphatic carbocycles. The van der Waals surface area contributed by atoms with Crippen molar-refractivity contribution in [1.82, 2.24) is 9.97 Å². The summed E-state index contributed by atoms with van der Waals surface area (Å²) in [6.45, 7) is 15.7. The van der Waals surface area contributed by atoms with Gasteiger partial charge in [-0.25, -0.2) is 18.2 Å². The summed E-state index contributed by atoms with van der Waals surface area (Å²) in [5, 5.41) is 3.36. The molecule has 0 saturated heterocycles. The van der Waals surface area contributed by atoms with E-state index in [1.165, 1.54) is 49.4 Å². The van der Waals surface area contributed by atoms with Gasteiger partial charge in [0.2, 0.25) is 0 Å². The molecule has 0 aliphatic heterocycles. The fraction of sp³-hybridized carbons (Fsp3) is 0.500. The third kappa shape index (κ3) is 5.79. The molecule has 2 aromatic heterocycles. The zero-order chi connectivity index (χ0) is 29.9. The molecule has 4 bridgehead atoms. The number of hydrogen-bond acceptors (Lipinski definition) is 0. The SMILES string of the molecule is C[Si](C)(C)c1cc(C(P)(c2cc[nH]c2)c2cc[nH]c2)c(C23CC4CC(CC(C4)C2CP)C3)[c-]1[Si](C)(C)C.[Fe+2].c1cc[cH-]c1. The molecule has 0 spiro atoms. The van der Waals surface area contributed by atoms with Gasteiger partial charge in [0.1, 0.15) is 0 Å². The van der Waals surface area contributed by atoms with Crippen molar-refractivity contribution in [2.24, 2.45) is 23.7 Å². The molecular formula is C36H52FeN2P2Si2. The van der Waals surface area contributed by atoms with Crippen molar-refractivity contribution in [1.29, 1.82) is 0 Å². The smallest absolute Gasteiger partial charge is 0.367 e. The van der Waals surface area contributed by atoms with E-state index in [0.717, 1.165) is 23.7 Å². The molecule has 2 heterocycles. The van der Waals surface area contributed by atoms with Crippen LogP contribution in [0.3, 0.4) is 0 Å². The van der Waals surface area contributed by atoms with Crippen molar-refractivity contribution in [2.45, 2.75) is 82.0 Å². The van der Waals surface area contributed by atoms with Gasteiger partial charge in [-0.2, -0.15) is 39.7 Å². The van der Waals surface area contributed by atoms with Gasteiger partial charge < -0.3 is 9.97 Å². The topological polar surface area (TPSA) is 31.6 Å². The first-order valence-electron chi connectivity index (χ1n) is 16.2. The summed E-state index contributed by atoms with van der Waals surface area (Å²) >= 11 is 0. The van der Waals surface area contributed by atoms with Gasteiger partial charge in [-0.1, -0.05) is 39.3 Å². The van der Waals surface area contributed by atoms with Gasteiger partial charge in [0.25, 0.3) is 0 Å². The number of aromatic nitrogens is 2. The second kappa shape index (κ2) is 12.4. The third-order valence-electron chi connectivity index (χ3n) is 11.0. The van der Waals surface area contributed by atoms with Crippen LogP contribution in [0.15, 0.2) is 73.3 Å². The fourth-order valence-corrected chi connectivity index (χ4v) is 16.8. The molecule has 5 unspecified atom stereocenters. The molecule has 4 fully saturated rings. The molecular weight excluding hydrogens is 634 g/mol. The second-order valence-corrected chi connectivity index (χ2v) is 27.2. The monoisotopic (exact) mass is 686 g/mol. The predicted molar refractivity (Wildman–Crippen MR) is 195 cm³/mol. The quantitative estimate of drug-likeness (QED) is 0.111. The van der Waals surface area contributed by atoms with E-state index in [-0.39, 0.29) is 22.2 Å². The molecule has 43 heavy (non-hydrogen) atoms. The molecule has 7 heteroatoms. The van der Waals surface area contributed by atoms with E-state index in [0.29, 0.717) is 5.41 Å².